The van der Waals surface area contributed by atoms with E-state index in [1.807, 2.05) is 12.1 Å². The van der Waals surface area contributed by atoms with Crippen LogP contribution in [-0.2, 0) is 9.98 Å². The summed E-state index contributed by atoms with van der Waals surface area (Å²) in [6.45, 7) is 6.28. The maximum absolute atomic E-state index is 10.3. The Kier molecular flexibility index (Phi) is 3.25. The van der Waals surface area contributed by atoms with Gasteiger partial charge in [-0.25, -0.2) is 0 Å². The SMILES string of the molecule is CC(C)(C)c1ccc(O[P+](=O)[O-])cc1. The van der Waals surface area contributed by atoms with Crippen LogP contribution in [0.2, 0.25) is 0 Å². The molecule has 76 valence electrons. The Balaban J connectivity index is 2.84. The highest BCUT2D eigenvalue weighted by Crippen LogP contribution is 2.26. The first-order valence-corrected chi connectivity index (χ1v) is 5.42. The van der Waals surface area contributed by atoms with E-state index in [-0.39, 0.29) is 5.41 Å². The molecule has 0 spiro atoms. The highest BCUT2D eigenvalue weighted by atomic mass is 31.1. The van der Waals surface area contributed by atoms with Gasteiger partial charge in [-0.3, -0.25) is 4.52 Å². The Morgan fingerprint density at radius 1 is 1.21 bits per heavy atom. The zero-order chi connectivity index (χ0) is 10.8. The minimum Gasteiger partial charge on any atom is -0.558 e. The molecule has 0 radical (unpaired) electrons. The quantitative estimate of drug-likeness (QED) is 0.707. The molecule has 3 nitrogen and oxygen atoms in total. The van der Waals surface area contributed by atoms with Gasteiger partial charge < -0.3 is 4.89 Å². The lowest BCUT2D eigenvalue weighted by Gasteiger charge is -2.18. The first kappa shape index (κ1) is 11.2. The molecule has 0 fully saturated rings. The number of hydrogen-bond acceptors (Lipinski definition) is 3. The second-order valence-electron chi connectivity index (χ2n) is 4.09. The average Bonchev–Trinajstić information content (AvgIpc) is 2.02. The Morgan fingerprint density at radius 3 is 2.07 bits per heavy atom. The maximum atomic E-state index is 10.3. The summed E-state index contributed by atoms with van der Waals surface area (Å²) >= 11 is 0. The summed E-state index contributed by atoms with van der Waals surface area (Å²) in [7, 11) is -2.81. The third-order valence-electron chi connectivity index (χ3n) is 1.90. The van der Waals surface area contributed by atoms with Crippen LogP contribution in [0.3, 0.4) is 0 Å². The summed E-state index contributed by atoms with van der Waals surface area (Å²) < 4.78 is 14.8. The first-order chi connectivity index (χ1) is 6.39. The molecule has 0 aliphatic carbocycles. The van der Waals surface area contributed by atoms with Crippen LogP contribution in [0.5, 0.6) is 5.75 Å². The molecular weight excluding hydrogens is 199 g/mol. The highest BCUT2D eigenvalue weighted by molar-refractivity contribution is 7.31. The molecule has 4 heteroatoms. The second-order valence-corrected chi connectivity index (χ2v) is 4.72. The van der Waals surface area contributed by atoms with E-state index in [2.05, 4.69) is 25.3 Å². The third kappa shape index (κ3) is 3.09. The molecule has 1 unspecified atom stereocenters. The maximum Gasteiger partial charge on any atom is 0.539 e. The van der Waals surface area contributed by atoms with E-state index >= 15 is 0 Å². The molecule has 0 amide bonds. The predicted octanol–water partition coefficient (Wildman–Crippen LogP) is 2.38. The van der Waals surface area contributed by atoms with Crippen molar-refractivity contribution in [2.24, 2.45) is 0 Å². The van der Waals surface area contributed by atoms with Gasteiger partial charge in [0.15, 0.2) is 5.75 Å². The molecular formula is C10H13O3P. The van der Waals surface area contributed by atoms with E-state index < -0.39 is 8.25 Å². The molecule has 1 atom stereocenters. The molecule has 14 heavy (non-hydrogen) atoms. The molecule has 0 heterocycles. The highest BCUT2D eigenvalue weighted by Gasteiger charge is 2.14. The summed E-state index contributed by atoms with van der Waals surface area (Å²) in [6, 6.07) is 7.06. The van der Waals surface area contributed by atoms with Gasteiger partial charge in [0.25, 0.3) is 0 Å². The number of rotatable bonds is 2. The van der Waals surface area contributed by atoms with Crippen molar-refractivity contribution in [2.45, 2.75) is 26.2 Å². The standard InChI is InChI=1S/C10H13O3P/c1-10(2,3)8-4-6-9(7-5-8)13-14(11)12/h4-7H,1-3H3. The fraction of sp³-hybridized carbons (Fsp3) is 0.400. The Morgan fingerprint density at radius 2 is 1.71 bits per heavy atom. The van der Waals surface area contributed by atoms with Crippen molar-refractivity contribution in [3.8, 4) is 5.75 Å². The largest absolute Gasteiger partial charge is 0.558 e. The van der Waals surface area contributed by atoms with E-state index in [0.29, 0.717) is 5.75 Å². The number of benzene rings is 1. The number of hydrogen-bond donors (Lipinski definition) is 0. The summed E-state index contributed by atoms with van der Waals surface area (Å²) in [5.74, 6) is 0.356. The van der Waals surface area contributed by atoms with Gasteiger partial charge in [0.2, 0.25) is 0 Å². The zero-order valence-electron chi connectivity index (χ0n) is 8.48. The molecule has 1 rings (SSSR count). The van der Waals surface area contributed by atoms with Gasteiger partial charge >= 0.3 is 8.25 Å². The molecule has 0 aliphatic heterocycles. The van der Waals surface area contributed by atoms with Crippen LogP contribution < -0.4 is 9.42 Å². The van der Waals surface area contributed by atoms with E-state index in [0.717, 1.165) is 5.56 Å². The van der Waals surface area contributed by atoms with Gasteiger partial charge in [0, 0.05) is 0 Å². The minimum atomic E-state index is -2.81. The van der Waals surface area contributed by atoms with Crippen LogP contribution in [0, 0.1) is 0 Å². The first-order valence-electron chi connectivity index (χ1n) is 4.32. The lowest BCUT2D eigenvalue weighted by atomic mass is 9.87. The van der Waals surface area contributed by atoms with Gasteiger partial charge in [-0.15, -0.1) is 0 Å². The zero-order valence-corrected chi connectivity index (χ0v) is 9.38. The Bertz CT molecular complexity index is 324. The van der Waals surface area contributed by atoms with Crippen LogP contribution >= 0.6 is 8.25 Å². The normalized spacial score (nSPS) is 12.4. The van der Waals surface area contributed by atoms with Crippen LogP contribution in [0.25, 0.3) is 0 Å². The molecule has 0 bridgehead atoms. The lowest BCUT2D eigenvalue weighted by Crippen LogP contribution is -2.10. The van der Waals surface area contributed by atoms with Crippen LogP contribution in [-0.4, -0.2) is 0 Å². The second kappa shape index (κ2) is 4.07. The van der Waals surface area contributed by atoms with E-state index in [4.69, 9.17) is 0 Å². The molecule has 1 aromatic carbocycles. The van der Waals surface area contributed by atoms with Gasteiger partial charge in [0.1, 0.15) is 0 Å². The van der Waals surface area contributed by atoms with Crippen molar-refractivity contribution in [3.63, 3.8) is 0 Å². The van der Waals surface area contributed by atoms with Gasteiger partial charge in [-0.1, -0.05) is 32.9 Å². The summed E-state index contributed by atoms with van der Waals surface area (Å²) in [5.41, 5.74) is 1.21. The van der Waals surface area contributed by atoms with Crippen molar-refractivity contribution in [1.29, 1.82) is 0 Å². The molecule has 0 aromatic heterocycles. The molecule has 0 N–H and O–H groups in total. The minimum absolute atomic E-state index is 0.0677. The van der Waals surface area contributed by atoms with Crippen molar-refractivity contribution in [3.05, 3.63) is 29.8 Å². The van der Waals surface area contributed by atoms with Crippen molar-refractivity contribution in [1.82, 2.24) is 0 Å². The molecule has 0 saturated carbocycles. The van der Waals surface area contributed by atoms with Crippen molar-refractivity contribution in [2.75, 3.05) is 0 Å². The van der Waals surface area contributed by atoms with Crippen molar-refractivity contribution >= 4 is 8.25 Å². The van der Waals surface area contributed by atoms with E-state index in [9.17, 15) is 9.46 Å². The summed E-state index contributed by atoms with van der Waals surface area (Å²) in [5, 5.41) is 0. The van der Waals surface area contributed by atoms with Gasteiger partial charge in [-0.05, 0) is 27.7 Å². The van der Waals surface area contributed by atoms with E-state index in [1.54, 1.807) is 12.1 Å². The van der Waals surface area contributed by atoms with Crippen LogP contribution in [0.1, 0.15) is 26.3 Å². The fourth-order valence-electron chi connectivity index (χ4n) is 1.10. The Labute approximate surface area is 84.7 Å². The predicted molar refractivity (Wildman–Crippen MR) is 53.4 cm³/mol. The van der Waals surface area contributed by atoms with Crippen molar-refractivity contribution < 1.29 is 14.0 Å². The lowest BCUT2D eigenvalue weighted by molar-refractivity contribution is -0.178. The summed E-state index contributed by atoms with van der Waals surface area (Å²) in [6.07, 6.45) is 0. The van der Waals surface area contributed by atoms with Crippen LogP contribution in [0.4, 0.5) is 0 Å². The van der Waals surface area contributed by atoms with Crippen LogP contribution in [0.15, 0.2) is 24.3 Å². The van der Waals surface area contributed by atoms with Gasteiger partial charge in [-0.2, -0.15) is 0 Å². The average molecular weight is 212 g/mol. The van der Waals surface area contributed by atoms with Gasteiger partial charge in [0.05, 0.1) is 0 Å². The summed E-state index contributed by atoms with van der Waals surface area (Å²) in [4.78, 5) is 10.3. The Hall–Kier alpha value is -0.920. The van der Waals surface area contributed by atoms with E-state index in [1.165, 1.54) is 0 Å². The molecule has 0 saturated heterocycles. The smallest absolute Gasteiger partial charge is 0.539 e. The monoisotopic (exact) mass is 212 g/mol. The topological polar surface area (TPSA) is 49.4 Å². The molecule has 1 aromatic rings. The third-order valence-corrected chi connectivity index (χ3v) is 2.26. The fourth-order valence-corrected chi connectivity index (χ4v) is 1.40. The molecule has 0 aliphatic rings.